The summed E-state index contributed by atoms with van der Waals surface area (Å²) in [6, 6.07) is 5.63. The van der Waals surface area contributed by atoms with Gasteiger partial charge in [-0.1, -0.05) is 15.9 Å². The average Bonchev–Trinajstić information content (AvgIpc) is 2.55. The molecule has 1 heterocycles. The summed E-state index contributed by atoms with van der Waals surface area (Å²) >= 11 is 3.25. The van der Waals surface area contributed by atoms with Gasteiger partial charge in [0, 0.05) is 11.0 Å². The van der Waals surface area contributed by atoms with Gasteiger partial charge in [-0.3, -0.25) is 4.79 Å². The van der Waals surface area contributed by atoms with E-state index in [-0.39, 0.29) is 10.8 Å². The maximum absolute atomic E-state index is 12.2. The molecule has 1 amide bonds. The minimum Gasteiger partial charge on any atom is -0.355 e. The molecule has 1 aromatic rings. The van der Waals surface area contributed by atoms with Crippen LogP contribution in [0.3, 0.4) is 0 Å². The van der Waals surface area contributed by atoms with Crippen molar-refractivity contribution in [3.8, 4) is 0 Å². The zero-order valence-electron chi connectivity index (χ0n) is 10.2. The van der Waals surface area contributed by atoms with Crippen LogP contribution in [0.15, 0.2) is 33.6 Å². The highest BCUT2D eigenvalue weighted by Gasteiger charge is 2.26. The maximum atomic E-state index is 12.2. The van der Waals surface area contributed by atoms with Gasteiger partial charge < -0.3 is 5.32 Å². The van der Waals surface area contributed by atoms with Crippen LogP contribution in [0, 0.1) is 0 Å². The van der Waals surface area contributed by atoms with E-state index in [0.29, 0.717) is 13.0 Å². The fraction of sp³-hybridized carbons (Fsp3) is 0.417. The molecule has 1 aliphatic rings. The number of sulfonamides is 1. The fourth-order valence-corrected chi connectivity index (χ4v) is 3.42. The standard InChI is InChI=1S/C12H15BrN2O3S/c13-9-4-6-10(7-5-9)19(17,18)15-11-3-1-2-8-14-12(11)16/h4-7,11,15H,1-3,8H2,(H,14,16)/t11-/m1/s1. The lowest BCUT2D eigenvalue weighted by Gasteiger charge is -2.15. The van der Waals surface area contributed by atoms with Gasteiger partial charge >= 0.3 is 0 Å². The summed E-state index contributed by atoms with van der Waals surface area (Å²) in [5.41, 5.74) is 0. The van der Waals surface area contributed by atoms with Crippen molar-refractivity contribution in [1.82, 2.24) is 10.0 Å². The molecule has 1 atom stereocenters. The molecular formula is C12H15BrN2O3S. The van der Waals surface area contributed by atoms with E-state index >= 15 is 0 Å². The summed E-state index contributed by atoms with van der Waals surface area (Å²) in [5.74, 6) is -0.252. The van der Waals surface area contributed by atoms with Crippen LogP contribution in [0.25, 0.3) is 0 Å². The molecule has 0 unspecified atom stereocenters. The van der Waals surface area contributed by atoms with Gasteiger partial charge in [-0.05, 0) is 43.5 Å². The average molecular weight is 347 g/mol. The van der Waals surface area contributed by atoms with E-state index in [1.54, 1.807) is 12.1 Å². The molecule has 5 nitrogen and oxygen atoms in total. The Balaban J connectivity index is 2.16. The Morgan fingerprint density at radius 1 is 1.21 bits per heavy atom. The molecule has 1 fully saturated rings. The molecule has 2 rings (SSSR count). The highest BCUT2D eigenvalue weighted by molar-refractivity contribution is 9.10. The zero-order valence-corrected chi connectivity index (χ0v) is 12.6. The van der Waals surface area contributed by atoms with Gasteiger partial charge in [0.15, 0.2) is 0 Å². The van der Waals surface area contributed by atoms with Crippen LogP contribution in [0.1, 0.15) is 19.3 Å². The first kappa shape index (κ1) is 14.5. The molecule has 0 aliphatic carbocycles. The lowest BCUT2D eigenvalue weighted by atomic mass is 10.1. The van der Waals surface area contributed by atoms with Crippen LogP contribution in [-0.2, 0) is 14.8 Å². The summed E-state index contributed by atoms with van der Waals surface area (Å²) in [4.78, 5) is 11.9. The predicted molar refractivity (Wildman–Crippen MR) is 75.1 cm³/mol. The highest BCUT2D eigenvalue weighted by atomic mass is 79.9. The molecule has 104 valence electrons. The number of rotatable bonds is 3. The van der Waals surface area contributed by atoms with Crippen molar-refractivity contribution in [1.29, 1.82) is 0 Å². The Labute approximate surface area is 121 Å². The quantitative estimate of drug-likeness (QED) is 0.868. The van der Waals surface area contributed by atoms with Crippen LogP contribution in [-0.4, -0.2) is 26.9 Å². The molecule has 7 heteroatoms. The van der Waals surface area contributed by atoms with Crippen molar-refractivity contribution in [3.05, 3.63) is 28.7 Å². The van der Waals surface area contributed by atoms with Crippen LogP contribution in [0.2, 0.25) is 0 Å². The third-order valence-electron chi connectivity index (χ3n) is 2.96. The molecule has 1 aromatic carbocycles. The Hall–Kier alpha value is -0.920. The third-order valence-corrected chi connectivity index (χ3v) is 4.97. The van der Waals surface area contributed by atoms with Crippen LogP contribution in [0.4, 0.5) is 0 Å². The van der Waals surface area contributed by atoms with E-state index in [9.17, 15) is 13.2 Å². The monoisotopic (exact) mass is 346 g/mol. The Morgan fingerprint density at radius 2 is 1.89 bits per heavy atom. The lowest BCUT2D eigenvalue weighted by molar-refractivity contribution is -0.122. The summed E-state index contributed by atoms with van der Waals surface area (Å²) in [6.45, 7) is 0.606. The molecule has 0 aromatic heterocycles. The van der Waals surface area contributed by atoms with Gasteiger partial charge in [-0.15, -0.1) is 0 Å². The van der Waals surface area contributed by atoms with E-state index in [2.05, 4.69) is 26.0 Å². The van der Waals surface area contributed by atoms with E-state index < -0.39 is 16.1 Å². The summed E-state index contributed by atoms with van der Waals surface area (Å²) < 4.78 is 27.6. The first-order valence-electron chi connectivity index (χ1n) is 6.05. The molecule has 2 N–H and O–H groups in total. The second kappa shape index (κ2) is 6.02. The van der Waals surface area contributed by atoms with Crippen molar-refractivity contribution in [2.24, 2.45) is 0 Å². The number of carbonyl (C=O) groups is 1. The van der Waals surface area contributed by atoms with Crippen molar-refractivity contribution in [3.63, 3.8) is 0 Å². The molecule has 0 bridgehead atoms. The van der Waals surface area contributed by atoms with E-state index in [1.165, 1.54) is 12.1 Å². The highest BCUT2D eigenvalue weighted by Crippen LogP contribution is 2.16. The number of hydrogen-bond acceptors (Lipinski definition) is 3. The molecule has 0 spiro atoms. The third kappa shape index (κ3) is 3.77. The van der Waals surface area contributed by atoms with Crippen molar-refractivity contribution < 1.29 is 13.2 Å². The Kier molecular flexibility index (Phi) is 4.59. The van der Waals surface area contributed by atoms with Crippen LogP contribution >= 0.6 is 15.9 Å². The minimum absolute atomic E-state index is 0.160. The SMILES string of the molecule is O=C1NCCCC[C@H]1NS(=O)(=O)c1ccc(Br)cc1. The van der Waals surface area contributed by atoms with Crippen LogP contribution in [0.5, 0.6) is 0 Å². The second-order valence-corrected chi connectivity index (χ2v) is 7.04. The summed E-state index contributed by atoms with van der Waals surface area (Å²) in [5, 5.41) is 2.70. The van der Waals surface area contributed by atoms with Gasteiger partial charge in [-0.2, -0.15) is 4.72 Å². The second-order valence-electron chi connectivity index (χ2n) is 4.41. The number of amides is 1. The number of carbonyl (C=O) groups excluding carboxylic acids is 1. The van der Waals surface area contributed by atoms with Crippen LogP contribution < -0.4 is 10.0 Å². The normalized spacial score (nSPS) is 20.7. The van der Waals surface area contributed by atoms with E-state index in [1.807, 2.05) is 0 Å². The first-order valence-corrected chi connectivity index (χ1v) is 8.32. The minimum atomic E-state index is -3.66. The predicted octanol–water partition coefficient (Wildman–Crippen LogP) is 1.40. The van der Waals surface area contributed by atoms with Crippen molar-refractivity contribution >= 4 is 31.9 Å². The number of halogens is 1. The molecular weight excluding hydrogens is 332 g/mol. The summed E-state index contributed by atoms with van der Waals surface area (Å²) in [7, 11) is -3.66. The molecule has 0 saturated carbocycles. The van der Waals surface area contributed by atoms with Gasteiger partial charge in [0.2, 0.25) is 15.9 Å². The zero-order chi connectivity index (χ0) is 13.9. The van der Waals surface area contributed by atoms with Gasteiger partial charge in [0.1, 0.15) is 6.04 Å². The number of hydrogen-bond donors (Lipinski definition) is 2. The van der Waals surface area contributed by atoms with E-state index in [4.69, 9.17) is 0 Å². The molecule has 1 aliphatic heterocycles. The van der Waals surface area contributed by atoms with Gasteiger partial charge in [0.05, 0.1) is 4.90 Å². The molecule has 19 heavy (non-hydrogen) atoms. The van der Waals surface area contributed by atoms with E-state index in [0.717, 1.165) is 17.3 Å². The number of benzene rings is 1. The number of nitrogens with one attached hydrogen (secondary N) is 2. The maximum Gasteiger partial charge on any atom is 0.241 e. The fourth-order valence-electron chi connectivity index (χ4n) is 1.92. The van der Waals surface area contributed by atoms with Crippen molar-refractivity contribution in [2.75, 3.05) is 6.54 Å². The van der Waals surface area contributed by atoms with Gasteiger partial charge in [-0.25, -0.2) is 8.42 Å². The smallest absolute Gasteiger partial charge is 0.241 e. The molecule has 0 radical (unpaired) electrons. The first-order chi connectivity index (χ1) is 8.99. The topological polar surface area (TPSA) is 75.3 Å². The largest absolute Gasteiger partial charge is 0.355 e. The molecule has 1 saturated heterocycles. The van der Waals surface area contributed by atoms with Gasteiger partial charge in [0.25, 0.3) is 0 Å². The summed E-state index contributed by atoms with van der Waals surface area (Å²) in [6.07, 6.45) is 2.23. The Bertz CT molecular complexity index is 557. The van der Waals surface area contributed by atoms with Crippen molar-refractivity contribution in [2.45, 2.75) is 30.2 Å². The Morgan fingerprint density at radius 3 is 2.58 bits per heavy atom. The lowest BCUT2D eigenvalue weighted by Crippen LogP contribution is -2.45.